The molecular weight excluding hydrogens is 162 g/mol. The highest BCUT2D eigenvalue weighted by Crippen LogP contribution is 2.20. The normalized spacial score (nSPS) is 12.2. The minimum absolute atomic E-state index is 0.0795. The Balaban J connectivity index is 2.72. The zero-order valence-electron chi connectivity index (χ0n) is 8.15. The molecule has 0 unspecified atom stereocenters. The molecule has 0 atom stereocenters. The highest BCUT2D eigenvalue weighted by atomic mass is 15.1. The molecule has 0 fully saturated rings. The third-order valence-electron chi connectivity index (χ3n) is 2.07. The van der Waals surface area contributed by atoms with Crippen molar-refractivity contribution in [2.45, 2.75) is 26.3 Å². The van der Waals surface area contributed by atoms with Gasteiger partial charge >= 0.3 is 0 Å². The van der Waals surface area contributed by atoms with Gasteiger partial charge in [-0.3, -0.25) is 0 Å². The van der Waals surface area contributed by atoms with E-state index in [2.05, 4.69) is 41.5 Å². The number of hydrogen-bond donors (Lipinski definition) is 0. The summed E-state index contributed by atoms with van der Waals surface area (Å²) in [6, 6.07) is 2.04. The fraction of sp³-hybridized carbons (Fsp3) is 0.400. The van der Waals surface area contributed by atoms with Gasteiger partial charge in [0.15, 0.2) is 0 Å². The van der Waals surface area contributed by atoms with Crippen LogP contribution >= 0.6 is 0 Å². The van der Waals surface area contributed by atoms with Crippen LogP contribution < -0.4 is 0 Å². The van der Waals surface area contributed by atoms with E-state index in [1.807, 2.05) is 12.3 Å². The summed E-state index contributed by atoms with van der Waals surface area (Å²) in [5, 5.41) is 1.09. The second-order valence-electron chi connectivity index (χ2n) is 4.16. The lowest BCUT2D eigenvalue weighted by atomic mass is 10.1. The third-order valence-corrected chi connectivity index (χ3v) is 2.07. The van der Waals surface area contributed by atoms with Gasteiger partial charge in [-0.15, -0.1) is 0 Å². The molecule has 0 saturated heterocycles. The van der Waals surface area contributed by atoms with Crippen LogP contribution in [0.15, 0.2) is 24.8 Å². The molecule has 0 amide bonds. The minimum Gasteiger partial charge on any atom is -0.327 e. The lowest BCUT2D eigenvalue weighted by Crippen LogP contribution is -2.20. The molecule has 0 aromatic carbocycles. The molecule has 0 aliphatic heterocycles. The molecule has 0 N–H and O–H groups in total. The van der Waals surface area contributed by atoms with Gasteiger partial charge in [0.25, 0.3) is 0 Å². The van der Waals surface area contributed by atoms with Crippen molar-refractivity contribution < 1.29 is 0 Å². The Morgan fingerprint density at radius 1 is 1.31 bits per heavy atom. The van der Waals surface area contributed by atoms with Gasteiger partial charge in [0.05, 0.1) is 0 Å². The summed E-state index contributed by atoms with van der Waals surface area (Å²) in [5.74, 6) is 0. The molecular formula is C10H13N3. The van der Waals surface area contributed by atoms with Gasteiger partial charge in [0.1, 0.15) is 12.0 Å². The van der Waals surface area contributed by atoms with Crippen LogP contribution in [-0.4, -0.2) is 14.5 Å². The average Bonchev–Trinajstić information content (AvgIpc) is 2.45. The van der Waals surface area contributed by atoms with E-state index in [4.69, 9.17) is 0 Å². The van der Waals surface area contributed by atoms with Gasteiger partial charge in [-0.2, -0.15) is 0 Å². The minimum atomic E-state index is 0.0795. The molecule has 0 radical (unpaired) electrons. The topological polar surface area (TPSA) is 30.7 Å². The Morgan fingerprint density at radius 3 is 2.77 bits per heavy atom. The first-order chi connectivity index (χ1) is 6.09. The van der Waals surface area contributed by atoms with Crippen molar-refractivity contribution in [3.05, 3.63) is 24.8 Å². The van der Waals surface area contributed by atoms with Crippen LogP contribution in [0.5, 0.6) is 0 Å². The van der Waals surface area contributed by atoms with E-state index in [0.29, 0.717) is 0 Å². The van der Waals surface area contributed by atoms with Crippen LogP contribution in [0.3, 0.4) is 0 Å². The summed E-state index contributed by atoms with van der Waals surface area (Å²) in [7, 11) is 0. The molecule has 3 nitrogen and oxygen atoms in total. The molecule has 0 bridgehead atoms. The molecule has 3 heteroatoms. The van der Waals surface area contributed by atoms with E-state index in [0.717, 1.165) is 11.0 Å². The summed E-state index contributed by atoms with van der Waals surface area (Å²) in [6.07, 6.45) is 5.48. The molecule has 68 valence electrons. The van der Waals surface area contributed by atoms with Gasteiger partial charge in [0.2, 0.25) is 0 Å². The number of hydrogen-bond acceptors (Lipinski definition) is 2. The van der Waals surface area contributed by atoms with Gasteiger partial charge in [-0.25, -0.2) is 9.97 Å². The highest BCUT2D eigenvalue weighted by Gasteiger charge is 2.15. The molecule has 2 heterocycles. The molecule has 0 saturated carbocycles. The van der Waals surface area contributed by atoms with Crippen LogP contribution in [0.2, 0.25) is 0 Å². The quantitative estimate of drug-likeness (QED) is 0.614. The smallest absolute Gasteiger partial charge is 0.143 e. The Hall–Kier alpha value is -1.38. The zero-order chi connectivity index (χ0) is 9.47. The zero-order valence-corrected chi connectivity index (χ0v) is 8.15. The Kier molecular flexibility index (Phi) is 1.62. The molecule has 2 aromatic heterocycles. The molecule has 0 aliphatic carbocycles. The summed E-state index contributed by atoms with van der Waals surface area (Å²) in [5.41, 5.74) is 1.08. The summed E-state index contributed by atoms with van der Waals surface area (Å²) in [4.78, 5) is 8.24. The summed E-state index contributed by atoms with van der Waals surface area (Å²) < 4.78 is 2.16. The fourth-order valence-electron chi connectivity index (χ4n) is 1.42. The van der Waals surface area contributed by atoms with Crippen LogP contribution in [0, 0.1) is 0 Å². The van der Waals surface area contributed by atoms with Crippen molar-refractivity contribution in [3.63, 3.8) is 0 Å². The van der Waals surface area contributed by atoms with Crippen LogP contribution in [0.1, 0.15) is 20.8 Å². The maximum absolute atomic E-state index is 4.26. The van der Waals surface area contributed by atoms with Crippen molar-refractivity contribution >= 4 is 11.0 Å². The molecule has 13 heavy (non-hydrogen) atoms. The van der Waals surface area contributed by atoms with E-state index >= 15 is 0 Å². The average molecular weight is 175 g/mol. The molecule has 0 spiro atoms. The first-order valence-electron chi connectivity index (χ1n) is 4.36. The van der Waals surface area contributed by atoms with Crippen LogP contribution in [0.4, 0.5) is 0 Å². The van der Waals surface area contributed by atoms with E-state index < -0.39 is 0 Å². The van der Waals surface area contributed by atoms with Crippen molar-refractivity contribution in [2.24, 2.45) is 0 Å². The number of nitrogens with zero attached hydrogens (tertiary/aromatic N) is 3. The Morgan fingerprint density at radius 2 is 2.08 bits per heavy atom. The first kappa shape index (κ1) is 8.23. The predicted octanol–water partition coefficient (Wildman–Crippen LogP) is 2.19. The van der Waals surface area contributed by atoms with Crippen molar-refractivity contribution in [3.8, 4) is 0 Å². The highest BCUT2D eigenvalue weighted by molar-refractivity contribution is 5.74. The van der Waals surface area contributed by atoms with E-state index in [1.165, 1.54) is 0 Å². The summed E-state index contributed by atoms with van der Waals surface area (Å²) >= 11 is 0. The predicted molar refractivity (Wildman–Crippen MR) is 52.5 cm³/mol. The number of aromatic nitrogens is 3. The third kappa shape index (κ3) is 1.30. The van der Waals surface area contributed by atoms with Crippen LogP contribution in [-0.2, 0) is 5.54 Å². The summed E-state index contributed by atoms with van der Waals surface area (Å²) in [6.45, 7) is 6.48. The monoisotopic (exact) mass is 175 g/mol. The Labute approximate surface area is 77.4 Å². The van der Waals surface area contributed by atoms with E-state index in [-0.39, 0.29) is 5.54 Å². The second-order valence-corrected chi connectivity index (χ2v) is 4.16. The van der Waals surface area contributed by atoms with Gasteiger partial charge in [-0.1, -0.05) is 0 Å². The van der Waals surface area contributed by atoms with Gasteiger partial charge < -0.3 is 4.57 Å². The molecule has 2 rings (SSSR count). The van der Waals surface area contributed by atoms with Crippen molar-refractivity contribution in [2.75, 3.05) is 0 Å². The van der Waals surface area contributed by atoms with E-state index in [1.54, 1.807) is 6.33 Å². The van der Waals surface area contributed by atoms with Crippen LogP contribution in [0.25, 0.3) is 11.0 Å². The van der Waals surface area contributed by atoms with Crippen molar-refractivity contribution in [1.29, 1.82) is 0 Å². The van der Waals surface area contributed by atoms with Gasteiger partial charge in [0, 0.05) is 23.3 Å². The lowest BCUT2D eigenvalue weighted by molar-refractivity contribution is 0.408. The number of rotatable bonds is 0. The maximum atomic E-state index is 4.26. The van der Waals surface area contributed by atoms with Gasteiger partial charge in [-0.05, 0) is 26.8 Å². The second kappa shape index (κ2) is 2.55. The standard InChI is InChI=1S/C10H13N3/c1-10(2,3)13-5-4-8-6-11-7-12-9(8)13/h4-7H,1-3H3. The maximum Gasteiger partial charge on any atom is 0.143 e. The lowest BCUT2D eigenvalue weighted by Gasteiger charge is -2.21. The SMILES string of the molecule is CC(C)(C)n1ccc2cncnc21. The largest absolute Gasteiger partial charge is 0.327 e. The van der Waals surface area contributed by atoms with Crippen molar-refractivity contribution in [1.82, 2.24) is 14.5 Å². The fourth-order valence-corrected chi connectivity index (χ4v) is 1.42. The molecule has 0 aliphatic rings. The first-order valence-corrected chi connectivity index (χ1v) is 4.36. The number of fused-ring (bicyclic) bond motifs is 1. The molecule has 2 aromatic rings. The Bertz CT molecular complexity index is 423. The van der Waals surface area contributed by atoms with E-state index in [9.17, 15) is 0 Å².